The van der Waals surface area contributed by atoms with Crippen molar-refractivity contribution in [3.63, 3.8) is 0 Å². The van der Waals surface area contributed by atoms with Gasteiger partial charge in [-0.3, -0.25) is 4.79 Å². The molecule has 2 aromatic carbocycles. The Morgan fingerprint density at radius 3 is 2.67 bits per heavy atom. The molecule has 0 saturated carbocycles. The van der Waals surface area contributed by atoms with Crippen molar-refractivity contribution in [2.45, 2.75) is 18.4 Å². The number of nitrogens with zero attached hydrogens (tertiary/aromatic N) is 3. The van der Waals surface area contributed by atoms with Crippen LogP contribution in [0.3, 0.4) is 0 Å². The molecule has 2 heterocycles. The highest BCUT2D eigenvalue weighted by molar-refractivity contribution is 7.99. The topological polar surface area (TPSA) is 77.0 Å². The molecule has 1 amide bonds. The standard InChI is InChI=1S/C25H24N4O2S2/c1-17-24(33-25(27-17)19-9-6-10-20(15-19)31-2)21-11-12-23(29-28-21)32-16-22(30)26-14-13-18-7-4-3-5-8-18/h3-12,15H,13-14,16H2,1-2H3,(H,26,30). The van der Waals surface area contributed by atoms with Crippen molar-refractivity contribution in [2.24, 2.45) is 0 Å². The number of aromatic nitrogens is 3. The number of benzene rings is 2. The lowest BCUT2D eigenvalue weighted by atomic mass is 10.1. The smallest absolute Gasteiger partial charge is 0.230 e. The molecule has 1 N–H and O–H groups in total. The van der Waals surface area contributed by atoms with Gasteiger partial charge in [0.15, 0.2) is 0 Å². The van der Waals surface area contributed by atoms with Crippen molar-refractivity contribution in [1.82, 2.24) is 20.5 Å². The number of amides is 1. The molecule has 0 aliphatic heterocycles. The molecule has 0 spiro atoms. The second kappa shape index (κ2) is 11.1. The molecule has 0 unspecified atom stereocenters. The summed E-state index contributed by atoms with van der Waals surface area (Å²) in [4.78, 5) is 17.8. The number of hydrogen-bond donors (Lipinski definition) is 1. The van der Waals surface area contributed by atoms with Crippen LogP contribution in [0.15, 0.2) is 71.8 Å². The van der Waals surface area contributed by atoms with Crippen molar-refractivity contribution in [3.05, 3.63) is 78.0 Å². The normalized spacial score (nSPS) is 10.7. The summed E-state index contributed by atoms with van der Waals surface area (Å²) in [6, 6.07) is 21.8. The predicted molar refractivity (Wildman–Crippen MR) is 134 cm³/mol. The minimum Gasteiger partial charge on any atom is -0.497 e. The Bertz CT molecular complexity index is 1210. The van der Waals surface area contributed by atoms with Crippen LogP contribution in [0.2, 0.25) is 0 Å². The van der Waals surface area contributed by atoms with Gasteiger partial charge in [0.25, 0.3) is 0 Å². The molecule has 33 heavy (non-hydrogen) atoms. The van der Waals surface area contributed by atoms with E-state index in [4.69, 9.17) is 9.72 Å². The van der Waals surface area contributed by atoms with Gasteiger partial charge >= 0.3 is 0 Å². The maximum absolute atomic E-state index is 12.1. The van der Waals surface area contributed by atoms with Crippen LogP contribution in [0.1, 0.15) is 11.3 Å². The maximum Gasteiger partial charge on any atom is 0.230 e. The SMILES string of the molecule is COc1cccc(-c2nc(C)c(-c3ccc(SCC(=O)NCCc4ccccc4)nn3)s2)c1. The molecule has 2 aromatic heterocycles. The second-order valence-corrected chi connectivity index (χ2v) is 9.29. The first kappa shape index (κ1) is 22.9. The van der Waals surface area contributed by atoms with Gasteiger partial charge in [0.05, 0.1) is 23.4 Å². The lowest BCUT2D eigenvalue weighted by Gasteiger charge is -2.05. The fourth-order valence-electron chi connectivity index (χ4n) is 3.21. The van der Waals surface area contributed by atoms with Gasteiger partial charge in [-0.05, 0) is 43.2 Å². The van der Waals surface area contributed by atoms with Crippen LogP contribution in [0.4, 0.5) is 0 Å². The van der Waals surface area contributed by atoms with Crippen LogP contribution in [0, 0.1) is 6.92 Å². The van der Waals surface area contributed by atoms with E-state index in [1.54, 1.807) is 18.4 Å². The first-order valence-electron chi connectivity index (χ1n) is 10.5. The molecule has 0 radical (unpaired) electrons. The Morgan fingerprint density at radius 1 is 1.06 bits per heavy atom. The van der Waals surface area contributed by atoms with Crippen LogP contribution >= 0.6 is 23.1 Å². The van der Waals surface area contributed by atoms with E-state index in [-0.39, 0.29) is 5.91 Å². The van der Waals surface area contributed by atoms with Gasteiger partial charge < -0.3 is 10.1 Å². The first-order valence-corrected chi connectivity index (χ1v) is 12.3. The number of hydrogen-bond acceptors (Lipinski definition) is 7. The summed E-state index contributed by atoms with van der Waals surface area (Å²) in [5, 5.41) is 13.2. The molecular formula is C25H24N4O2S2. The fraction of sp³-hybridized carbons (Fsp3) is 0.200. The highest BCUT2D eigenvalue weighted by Crippen LogP contribution is 2.35. The molecule has 0 saturated heterocycles. The number of carbonyl (C=O) groups excluding carboxylic acids is 1. The van der Waals surface area contributed by atoms with Gasteiger partial charge in [0, 0.05) is 12.1 Å². The number of carbonyl (C=O) groups is 1. The van der Waals surface area contributed by atoms with E-state index in [1.807, 2.05) is 61.5 Å². The molecular weight excluding hydrogens is 452 g/mol. The van der Waals surface area contributed by atoms with Crippen molar-refractivity contribution < 1.29 is 9.53 Å². The van der Waals surface area contributed by atoms with E-state index in [1.165, 1.54) is 17.3 Å². The summed E-state index contributed by atoms with van der Waals surface area (Å²) in [5.41, 5.74) is 3.90. The number of methoxy groups -OCH3 is 1. The fourth-order valence-corrected chi connectivity index (χ4v) is 4.88. The highest BCUT2D eigenvalue weighted by Gasteiger charge is 2.14. The third kappa shape index (κ3) is 6.18. The van der Waals surface area contributed by atoms with Crippen LogP contribution in [0.5, 0.6) is 5.75 Å². The Balaban J connectivity index is 1.32. The number of rotatable bonds is 9. The number of thioether (sulfide) groups is 1. The minimum atomic E-state index is -0.0111. The van der Waals surface area contributed by atoms with Gasteiger partial charge in [-0.1, -0.05) is 54.2 Å². The summed E-state index contributed by atoms with van der Waals surface area (Å²) < 4.78 is 5.32. The second-order valence-electron chi connectivity index (χ2n) is 7.30. The van der Waals surface area contributed by atoms with Crippen LogP contribution in [-0.4, -0.2) is 40.5 Å². The minimum absolute atomic E-state index is 0.0111. The Kier molecular flexibility index (Phi) is 7.70. The van der Waals surface area contributed by atoms with E-state index in [0.29, 0.717) is 17.3 Å². The Labute approximate surface area is 201 Å². The first-order chi connectivity index (χ1) is 16.1. The quantitative estimate of drug-likeness (QED) is 0.341. The molecule has 0 atom stereocenters. The van der Waals surface area contributed by atoms with Crippen molar-refractivity contribution in [2.75, 3.05) is 19.4 Å². The summed E-state index contributed by atoms with van der Waals surface area (Å²) >= 11 is 2.95. The van der Waals surface area contributed by atoms with Gasteiger partial charge in [-0.25, -0.2) is 4.98 Å². The van der Waals surface area contributed by atoms with E-state index in [0.717, 1.165) is 39.0 Å². The van der Waals surface area contributed by atoms with Crippen molar-refractivity contribution in [3.8, 4) is 26.9 Å². The number of nitrogens with one attached hydrogen (secondary N) is 1. The van der Waals surface area contributed by atoms with Crippen LogP contribution in [0.25, 0.3) is 21.1 Å². The lowest BCUT2D eigenvalue weighted by Crippen LogP contribution is -2.27. The zero-order valence-corrected chi connectivity index (χ0v) is 20.1. The van der Waals surface area contributed by atoms with Gasteiger partial charge in [0.1, 0.15) is 21.5 Å². The highest BCUT2D eigenvalue weighted by atomic mass is 32.2. The largest absolute Gasteiger partial charge is 0.497 e. The lowest BCUT2D eigenvalue weighted by molar-refractivity contribution is -0.118. The predicted octanol–water partition coefficient (Wildman–Crippen LogP) is 5.04. The number of thiazole rings is 1. The van der Waals surface area contributed by atoms with Crippen LogP contribution < -0.4 is 10.1 Å². The van der Waals surface area contributed by atoms with Gasteiger partial charge in [-0.2, -0.15) is 0 Å². The Hall–Kier alpha value is -3.23. The van der Waals surface area contributed by atoms with E-state index in [2.05, 4.69) is 27.6 Å². The average Bonchev–Trinajstić information content (AvgIpc) is 3.25. The van der Waals surface area contributed by atoms with Crippen molar-refractivity contribution in [1.29, 1.82) is 0 Å². The van der Waals surface area contributed by atoms with E-state index < -0.39 is 0 Å². The number of aryl methyl sites for hydroxylation is 1. The summed E-state index contributed by atoms with van der Waals surface area (Å²) in [6.07, 6.45) is 0.817. The van der Waals surface area contributed by atoms with Gasteiger partial charge in [-0.15, -0.1) is 21.5 Å². The molecule has 168 valence electrons. The Morgan fingerprint density at radius 2 is 1.91 bits per heavy atom. The summed E-state index contributed by atoms with van der Waals surface area (Å²) in [7, 11) is 1.65. The molecule has 4 rings (SSSR count). The molecule has 0 fully saturated rings. The molecule has 8 heteroatoms. The number of ether oxygens (including phenoxy) is 1. The maximum atomic E-state index is 12.1. The molecule has 0 aliphatic rings. The summed E-state index contributed by atoms with van der Waals surface area (Å²) in [5.74, 6) is 1.10. The summed E-state index contributed by atoms with van der Waals surface area (Å²) in [6.45, 7) is 2.59. The zero-order valence-electron chi connectivity index (χ0n) is 18.4. The molecule has 0 bridgehead atoms. The van der Waals surface area contributed by atoms with Gasteiger partial charge in [0.2, 0.25) is 5.91 Å². The van der Waals surface area contributed by atoms with Crippen LogP contribution in [-0.2, 0) is 11.2 Å². The van der Waals surface area contributed by atoms with E-state index in [9.17, 15) is 4.79 Å². The van der Waals surface area contributed by atoms with E-state index >= 15 is 0 Å². The third-order valence-corrected chi connectivity index (χ3v) is 7.06. The molecule has 0 aliphatic carbocycles. The van der Waals surface area contributed by atoms with Crippen molar-refractivity contribution >= 4 is 29.0 Å². The molecule has 6 nitrogen and oxygen atoms in total. The molecule has 4 aromatic rings. The monoisotopic (exact) mass is 476 g/mol. The average molecular weight is 477 g/mol. The third-order valence-electron chi connectivity index (χ3n) is 4.92. The zero-order chi connectivity index (χ0) is 23.0.